The Balaban J connectivity index is 0.00000243. The van der Waals surface area contributed by atoms with Crippen LogP contribution in [0.5, 0.6) is 0 Å². The predicted octanol–water partition coefficient (Wildman–Crippen LogP) is 4.30. The number of amidine groups is 1. The fraction of sp³-hybridized carbons (Fsp3) is 0.0952. The Labute approximate surface area is 159 Å². The molecule has 1 atom stereocenters. The maximum absolute atomic E-state index is 9.11. The molecule has 2 aromatic carbocycles. The highest BCUT2D eigenvalue weighted by atomic mass is 35.5. The third kappa shape index (κ3) is 5.17. The van der Waals surface area contributed by atoms with Gasteiger partial charge in [0.1, 0.15) is 5.84 Å². The van der Waals surface area contributed by atoms with Gasteiger partial charge in [-0.05, 0) is 29.7 Å². The number of halogens is 1. The maximum Gasteiger partial charge on any atom is 0.182 e. The second-order valence-corrected chi connectivity index (χ2v) is 5.57. The maximum atomic E-state index is 9.11. The molecule has 0 saturated carbocycles. The SMILES string of the molecule is Cl.N#CNC(=NC(Cc1ccccc1)c1ccccc1)c1cccnc1. The molecule has 0 aliphatic rings. The molecule has 1 N–H and O–H groups in total. The molecular formula is C21H19ClN4. The van der Waals surface area contributed by atoms with Crippen molar-refractivity contribution in [2.45, 2.75) is 12.5 Å². The minimum absolute atomic E-state index is 0. The minimum atomic E-state index is -0.0975. The second kappa shape index (κ2) is 9.97. The van der Waals surface area contributed by atoms with Gasteiger partial charge in [-0.2, -0.15) is 5.26 Å². The van der Waals surface area contributed by atoms with Gasteiger partial charge in [-0.1, -0.05) is 60.7 Å². The molecule has 1 heterocycles. The van der Waals surface area contributed by atoms with Crippen LogP contribution in [0.3, 0.4) is 0 Å². The van der Waals surface area contributed by atoms with E-state index in [9.17, 15) is 0 Å². The zero-order valence-electron chi connectivity index (χ0n) is 14.1. The molecule has 3 aromatic rings. The second-order valence-electron chi connectivity index (χ2n) is 5.57. The van der Waals surface area contributed by atoms with E-state index in [0.29, 0.717) is 5.84 Å². The average Bonchev–Trinajstić information content (AvgIpc) is 2.69. The molecule has 0 amide bonds. The van der Waals surface area contributed by atoms with Crippen molar-refractivity contribution in [2.24, 2.45) is 4.99 Å². The standard InChI is InChI=1S/C21H18N4.ClH/c22-16-24-21(19-12-7-13-23-15-19)25-20(18-10-5-2-6-11-18)14-17-8-3-1-4-9-17;/h1-13,15,20H,14H2,(H,24,25);1H. The van der Waals surface area contributed by atoms with Gasteiger partial charge in [-0.15, -0.1) is 12.4 Å². The number of nitrogens with one attached hydrogen (secondary N) is 1. The van der Waals surface area contributed by atoms with E-state index in [1.165, 1.54) is 5.56 Å². The lowest BCUT2D eigenvalue weighted by molar-refractivity contribution is 0.721. The van der Waals surface area contributed by atoms with E-state index in [2.05, 4.69) is 34.6 Å². The van der Waals surface area contributed by atoms with Gasteiger partial charge in [0.15, 0.2) is 6.19 Å². The van der Waals surface area contributed by atoms with E-state index in [1.807, 2.05) is 54.7 Å². The molecule has 4 nitrogen and oxygen atoms in total. The summed E-state index contributed by atoms with van der Waals surface area (Å²) in [5.41, 5.74) is 3.09. The Hall–Kier alpha value is -3.16. The highest BCUT2D eigenvalue weighted by molar-refractivity contribution is 5.99. The first-order chi connectivity index (χ1) is 12.4. The van der Waals surface area contributed by atoms with Crippen LogP contribution in [0, 0.1) is 11.5 Å². The van der Waals surface area contributed by atoms with Crippen LogP contribution in [0.2, 0.25) is 0 Å². The lowest BCUT2D eigenvalue weighted by Gasteiger charge is -2.15. The number of rotatable bonds is 5. The van der Waals surface area contributed by atoms with Gasteiger partial charge in [-0.3, -0.25) is 15.3 Å². The normalized spacial score (nSPS) is 11.7. The molecule has 0 aliphatic carbocycles. The first-order valence-electron chi connectivity index (χ1n) is 8.09. The number of nitrogens with zero attached hydrogens (tertiary/aromatic N) is 3. The molecule has 5 heteroatoms. The van der Waals surface area contributed by atoms with Crippen LogP contribution in [0.4, 0.5) is 0 Å². The van der Waals surface area contributed by atoms with Gasteiger partial charge in [0.2, 0.25) is 0 Å². The zero-order chi connectivity index (χ0) is 17.3. The molecule has 1 aromatic heterocycles. The third-order valence-corrected chi connectivity index (χ3v) is 3.85. The first kappa shape index (κ1) is 19.2. The van der Waals surface area contributed by atoms with Crippen LogP contribution in [-0.2, 0) is 6.42 Å². The van der Waals surface area contributed by atoms with Crippen molar-refractivity contribution in [3.05, 3.63) is 102 Å². The number of aliphatic imine (C=N–C) groups is 1. The quantitative estimate of drug-likeness (QED) is 0.318. The molecule has 0 radical (unpaired) electrons. The van der Waals surface area contributed by atoms with E-state index >= 15 is 0 Å². The number of benzene rings is 2. The monoisotopic (exact) mass is 362 g/mol. The summed E-state index contributed by atoms with van der Waals surface area (Å²) in [5.74, 6) is 0.528. The van der Waals surface area contributed by atoms with E-state index in [4.69, 9.17) is 10.3 Å². The Morgan fingerprint density at radius 3 is 2.31 bits per heavy atom. The van der Waals surface area contributed by atoms with Gasteiger partial charge in [0.25, 0.3) is 0 Å². The van der Waals surface area contributed by atoms with Gasteiger partial charge in [0, 0.05) is 18.0 Å². The number of pyridine rings is 1. The number of hydrogen-bond acceptors (Lipinski definition) is 3. The smallest absolute Gasteiger partial charge is 0.182 e. The van der Waals surface area contributed by atoms with Crippen LogP contribution in [0.15, 0.2) is 90.2 Å². The van der Waals surface area contributed by atoms with Crippen molar-refractivity contribution < 1.29 is 0 Å². The number of hydrogen-bond donors (Lipinski definition) is 1. The van der Waals surface area contributed by atoms with Crippen molar-refractivity contribution in [2.75, 3.05) is 0 Å². The van der Waals surface area contributed by atoms with E-state index < -0.39 is 0 Å². The Kier molecular flexibility index (Phi) is 7.35. The summed E-state index contributed by atoms with van der Waals surface area (Å²) in [7, 11) is 0. The fourth-order valence-corrected chi connectivity index (χ4v) is 2.64. The van der Waals surface area contributed by atoms with Crippen molar-refractivity contribution in [1.29, 1.82) is 5.26 Å². The topological polar surface area (TPSA) is 61.1 Å². The molecule has 0 spiro atoms. The van der Waals surface area contributed by atoms with Crippen LogP contribution in [0.25, 0.3) is 0 Å². The highest BCUT2D eigenvalue weighted by Gasteiger charge is 2.13. The van der Waals surface area contributed by atoms with Gasteiger partial charge >= 0.3 is 0 Å². The summed E-state index contributed by atoms with van der Waals surface area (Å²) in [6.45, 7) is 0. The molecule has 1 unspecified atom stereocenters. The molecular weight excluding hydrogens is 344 g/mol. The van der Waals surface area contributed by atoms with Crippen molar-refractivity contribution in [3.8, 4) is 6.19 Å². The van der Waals surface area contributed by atoms with E-state index in [-0.39, 0.29) is 18.4 Å². The molecule has 0 aliphatic heterocycles. The van der Waals surface area contributed by atoms with Crippen LogP contribution in [0.1, 0.15) is 22.7 Å². The summed E-state index contributed by atoms with van der Waals surface area (Å²) < 4.78 is 0. The van der Waals surface area contributed by atoms with Crippen LogP contribution in [-0.4, -0.2) is 10.8 Å². The molecule has 0 bridgehead atoms. The highest BCUT2D eigenvalue weighted by Crippen LogP contribution is 2.23. The summed E-state index contributed by atoms with van der Waals surface area (Å²) in [6, 6.07) is 24.0. The Morgan fingerprint density at radius 2 is 1.69 bits per heavy atom. The molecule has 0 saturated heterocycles. The van der Waals surface area contributed by atoms with Crippen LogP contribution >= 0.6 is 12.4 Å². The van der Waals surface area contributed by atoms with E-state index in [1.54, 1.807) is 12.4 Å². The molecule has 130 valence electrons. The summed E-state index contributed by atoms with van der Waals surface area (Å²) in [6.07, 6.45) is 6.13. The predicted molar refractivity (Wildman–Crippen MR) is 106 cm³/mol. The molecule has 26 heavy (non-hydrogen) atoms. The lowest BCUT2D eigenvalue weighted by Crippen LogP contribution is -2.21. The van der Waals surface area contributed by atoms with Crippen LogP contribution < -0.4 is 5.32 Å². The van der Waals surface area contributed by atoms with Crippen molar-refractivity contribution in [3.63, 3.8) is 0 Å². The fourth-order valence-electron chi connectivity index (χ4n) is 2.64. The first-order valence-corrected chi connectivity index (χ1v) is 8.09. The minimum Gasteiger partial charge on any atom is -0.277 e. The summed E-state index contributed by atoms with van der Waals surface area (Å²) in [4.78, 5) is 8.97. The Bertz CT molecular complexity index is 859. The third-order valence-electron chi connectivity index (χ3n) is 3.85. The number of nitriles is 1. The van der Waals surface area contributed by atoms with Crippen molar-refractivity contribution >= 4 is 18.2 Å². The van der Waals surface area contributed by atoms with Crippen molar-refractivity contribution in [1.82, 2.24) is 10.3 Å². The number of aromatic nitrogens is 1. The summed E-state index contributed by atoms with van der Waals surface area (Å²) >= 11 is 0. The largest absolute Gasteiger partial charge is 0.277 e. The summed E-state index contributed by atoms with van der Waals surface area (Å²) in [5, 5.41) is 11.8. The lowest BCUT2D eigenvalue weighted by atomic mass is 9.99. The van der Waals surface area contributed by atoms with Gasteiger partial charge < -0.3 is 0 Å². The van der Waals surface area contributed by atoms with E-state index in [0.717, 1.165) is 17.5 Å². The zero-order valence-corrected chi connectivity index (χ0v) is 14.9. The Morgan fingerprint density at radius 1 is 1.00 bits per heavy atom. The molecule has 0 fully saturated rings. The van der Waals surface area contributed by atoms with Gasteiger partial charge in [-0.25, -0.2) is 0 Å². The average molecular weight is 363 g/mol. The van der Waals surface area contributed by atoms with Gasteiger partial charge in [0.05, 0.1) is 6.04 Å². The molecule has 3 rings (SSSR count).